The first-order valence-electron chi connectivity index (χ1n) is 32.7. The highest BCUT2D eigenvalue weighted by molar-refractivity contribution is 5.84. The maximum atomic E-state index is 3.93. The van der Waals surface area contributed by atoms with Crippen molar-refractivity contribution in [3.05, 3.63) is 334 Å². The minimum absolute atomic E-state index is 0.368. The van der Waals surface area contributed by atoms with E-state index in [0.29, 0.717) is 11.8 Å². The fourth-order valence-electron chi connectivity index (χ4n) is 12.2. The summed E-state index contributed by atoms with van der Waals surface area (Å²) in [6.45, 7) is 35.8. The number of nitrogens with zero attached hydrogens (tertiary/aromatic N) is 2. The van der Waals surface area contributed by atoms with Crippen LogP contribution in [0, 0.1) is 53.4 Å². The van der Waals surface area contributed by atoms with Gasteiger partial charge in [-0.05, 0) is 265 Å². The Morgan fingerprint density at radius 3 is 0.815 bits per heavy atom. The van der Waals surface area contributed by atoms with E-state index in [1.807, 2.05) is 24.3 Å². The van der Waals surface area contributed by atoms with E-state index in [1.54, 1.807) is 0 Å². The number of hydrogen-bond donors (Lipinski definition) is 4. The molecule has 0 unspecified atom stereocenters. The molecule has 0 radical (unpaired) electrons. The SMILES string of the molecule is C=Cc1ccc(CNCC(CNCc2ccc(C=C)cc2)Cc2ccc(N(c3ccc(C)c(C)c3)c3ccc(-c4ccc(N(c5ccc(CC(CNCc6ccc(C=C)cc6)CNCc6ccc(C=C)cc6)cc5)c5ccc(C)c(C)c5)c(C)c4)cc3C)cc2)cc1. The molecule has 0 saturated carbocycles. The van der Waals surface area contributed by atoms with E-state index in [-0.39, 0.29) is 0 Å². The van der Waals surface area contributed by atoms with Crippen molar-refractivity contribution in [2.45, 2.75) is 80.6 Å². The summed E-state index contributed by atoms with van der Waals surface area (Å²) >= 11 is 0. The number of rotatable bonds is 31. The van der Waals surface area contributed by atoms with Gasteiger partial charge in [0.15, 0.2) is 0 Å². The first-order valence-corrected chi connectivity index (χ1v) is 32.7. The van der Waals surface area contributed by atoms with Crippen LogP contribution in [0.15, 0.2) is 245 Å². The summed E-state index contributed by atoms with van der Waals surface area (Å²) in [7, 11) is 0. The van der Waals surface area contributed by atoms with E-state index in [1.165, 1.54) is 77.9 Å². The van der Waals surface area contributed by atoms with Crippen molar-refractivity contribution in [1.82, 2.24) is 21.3 Å². The molecule has 4 N–H and O–H groups in total. The van der Waals surface area contributed by atoms with Crippen LogP contribution in [-0.4, -0.2) is 26.2 Å². The van der Waals surface area contributed by atoms with Crippen molar-refractivity contribution < 1.29 is 0 Å². The van der Waals surface area contributed by atoms with Crippen LogP contribution in [0.4, 0.5) is 34.1 Å². The van der Waals surface area contributed by atoms with E-state index in [9.17, 15) is 0 Å². The van der Waals surface area contributed by atoms with Crippen molar-refractivity contribution >= 4 is 58.4 Å². The molecule has 10 rings (SSSR count). The number of anilines is 6. The zero-order chi connectivity index (χ0) is 64.3. The van der Waals surface area contributed by atoms with E-state index in [4.69, 9.17) is 0 Å². The monoisotopic (exact) mass is 1210 g/mol. The summed E-state index contributed by atoms with van der Waals surface area (Å²) < 4.78 is 0. The van der Waals surface area contributed by atoms with Gasteiger partial charge >= 0.3 is 0 Å². The smallest absolute Gasteiger partial charge is 0.0491 e. The lowest BCUT2D eigenvalue weighted by Gasteiger charge is -2.29. The largest absolute Gasteiger partial charge is 0.312 e. The average molecular weight is 1210 g/mol. The molecule has 466 valence electrons. The lowest BCUT2D eigenvalue weighted by atomic mass is 9.97. The van der Waals surface area contributed by atoms with Gasteiger partial charge in [-0.2, -0.15) is 0 Å². The Balaban J connectivity index is 0.873. The molecule has 6 heteroatoms. The third kappa shape index (κ3) is 17.5. The zero-order valence-electron chi connectivity index (χ0n) is 55.0. The Bertz CT molecular complexity index is 3680. The molecule has 0 aliphatic rings. The second kappa shape index (κ2) is 32.1. The Morgan fingerprint density at radius 2 is 0.554 bits per heavy atom. The van der Waals surface area contributed by atoms with Crippen LogP contribution < -0.4 is 31.1 Å². The Kier molecular flexibility index (Phi) is 22.8. The third-order valence-electron chi connectivity index (χ3n) is 18.1. The molecule has 10 aromatic rings. The van der Waals surface area contributed by atoms with Gasteiger partial charge in [0, 0.05) is 60.3 Å². The van der Waals surface area contributed by atoms with Gasteiger partial charge in [-0.1, -0.05) is 196 Å². The summed E-state index contributed by atoms with van der Waals surface area (Å²) in [4.78, 5) is 4.85. The van der Waals surface area contributed by atoms with E-state index >= 15 is 0 Å². The summed E-state index contributed by atoms with van der Waals surface area (Å²) in [6, 6.07) is 80.7. The molecule has 92 heavy (non-hydrogen) atoms. The molecule has 0 aromatic heterocycles. The molecular formula is C86H92N6. The minimum atomic E-state index is 0.368. The van der Waals surface area contributed by atoms with Gasteiger partial charge in [0.2, 0.25) is 0 Å². The highest BCUT2D eigenvalue weighted by Crippen LogP contribution is 2.42. The highest BCUT2D eigenvalue weighted by atomic mass is 15.2. The molecule has 0 heterocycles. The van der Waals surface area contributed by atoms with Gasteiger partial charge in [-0.15, -0.1) is 0 Å². The quantitative estimate of drug-likeness (QED) is 0.0347. The van der Waals surface area contributed by atoms with Crippen LogP contribution >= 0.6 is 0 Å². The molecule has 0 amide bonds. The van der Waals surface area contributed by atoms with E-state index in [2.05, 4.69) is 317 Å². The molecule has 0 aliphatic heterocycles. The maximum Gasteiger partial charge on any atom is 0.0491 e. The van der Waals surface area contributed by atoms with Crippen molar-refractivity contribution in [1.29, 1.82) is 0 Å². The van der Waals surface area contributed by atoms with Crippen LogP contribution in [0.1, 0.15) is 89.0 Å². The van der Waals surface area contributed by atoms with E-state index < -0.39 is 0 Å². The first kappa shape index (κ1) is 65.5. The predicted octanol–water partition coefficient (Wildman–Crippen LogP) is 20.2. The second-order valence-corrected chi connectivity index (χ2v) is 25.0. The molecule has 0 spiro atoms. The minimum Gasteiger partial charge on any atom is -0.312 e. The molecule has 0 atom stereocenters. The second-order valence-electron chi connectivity index (χ2n) is 25.0. The van der Waals surface area contributed by atoms with Gasteiger partial charge in [-0.3, -0.25) is 0 Å². The van der Waals surface area contributed by atoms with Crippen molar-refractivity contribution in [3.8, 4) is 11.1 Å². The Hall–Kier alpha value is -9.40. The number of hydrogen-bond acceptors (Lipinski definition) is 6. The van der Waals surface area contributed by atoms with Gasteiger partial charge in [0.05, 0.1) is 0 Å². The third-order valence-corrected chi connectivity index (χ3v) is 18.1. The molecule has 6 nitrogen and oxygen atoms in total. The van der Waals surface area contributed by atoms with Crippen LogP contribution in [0.5, 0.6) is 0 Å². The van der Waals surface area contributed by atoms with Gasteiger partial charge in [-0.25, -0.2) is 0 Å². The number of aryl methyl sites for hydroxylation is 6. The predicted molar refractivity (Wildman–Crippen MR) is 397 cm³/mol. The molecule has 0 fully saturated rings. The highest BCUT2D eigenvalue weighted by Gasteiger charge is 2.21. The lowest BCUT2D eigenvalue weighted by Crippen LogP contribution is -2.32. The lowest BCUT2D eigenvalue weighted by molar-refractivity contribution is 0.438. The first-order chi connectivity index (χ1) is 44.8. The molecule has 10 aromatic carbocycles. The number of benzene rings is 10. The molecular weight excluding hydrogens is 1120 g/mol. The molecule has 0 aliphatic carbocycles. The van der Waals surface area contributed by atoms with Crippen LogP contribution in [0.3, 0.4) is 0 Å². The molecule has 0 bridgehead atoms. The van der Waals surface area contributed by atoms with Gasteiger partial charge in [0.25, 0.3) is 0 Å². The summed E-state index contributed by atoms with van der Waals surface area (Å²) in [5.74, 6) is 0.736. The van der Waals surface area contributed by atoms with Gasteiger partial charge < -0.3 is 31.1 Å². The zero-order valence-corrected chi connectivity index (χ0v) is 55.0. The summed E-state index contributed by atoms with van der Waals surface area (Å²) in [5.41, 5.74) is 28.9. The topological polar surface area (TPSA) is 54.6 Å². The standard InChI is InChI=1S/C86H92N6/c1-11-67-17-25-73(26-18-67)53-87-57-77(58-88-54-74-27-19-68(12-2)20-28-74)51-71-33-41-81(42-34-71)91(83-39-15-61(5)63(7)49-83)85-45-37-79(47-65(85)9)80-38-46-86(66(10)48-80)92(84-40-16-62(6)64(8)50-84)82-43-35-72(36-44-82)52-78(59-89-55-75-29-21-69(13-3)22-30-75)60-90-56-76-31-23-70(14-4)24-32-76/h11-50,77-78,87-90H,1-4,51-60H2,5-10H3. The Morgan fingerprint density at radius 1 is 0.283 bits per heavy atom. The van der Waals surface area contributed by atoms with Crippen LogP contribution in [-0.2, 0) is 39.0 Å². The number of nitrogens with one attached hydrogen (secondary N) is 4. The van der Waals surface area contributed by atoms with Crippen molar-refractivity contribution in [3.63, 3.8) is 0 Å². The fraction of sp³-hybridized carbons (Fsp3) is 0.209. The fourth-order valence-corrected chi connectivity index (χ4v) is 12.2. The average Bonchev–Trinajstić information content (AvgIpc) is 0.803. The van der Waals surface area contributed by atoms with Crippen molar-refractivity contribution in [2.24, 2.45) is 11.8 Å². The maximum absolute atomic E-state index is 3.93. The summed E-state index contributed by atoms with van der Waals surface area (Å²) in [5, 5.41) is 15.1. The Labute approximate surface area is 549 Å². The summed E-state index contributed by atoms with van der Waals surface area (Å²) in [6.07, 6.45) is 9.45. The van der Waals surface area contributed by atoms with E-state index in [0.717, 1.165) is 122 Å². The van der Waals surface area contributed by atoms with Crippen LogP contribution in [0.25, 0.3) is 35.4 Å². The van der Waals surface area contributed by atoms with Crippen LogP contribution in [0.2, 0.25) is 0 Å². The molecule has 0 saturated heterocycles. The van der Waals surface area contributed by atoms with Gasteiger partial charge in [0.1, 0.15) is 0 Å². The van der Waals surface area contributed by atoms with Crippen molar-refractivity contribution in [2.75, 3.05) is 36.0 Å². The normalized spacial score (nSPS) is 11.3.